The highest BCUT2D eigenvalue weighted by atomic mass is 19.0. The van der Waals surface area contributed by atoms with Gasteiger partial charge in [0.05, 0.1) is 24.3 Å². The zero-order chi connectivity index (χ0) is 23.9. The Labute approximate surface area is 203 Å². The summed E-state index contributed by atoms with van der Waals surface area (Å²) in [5, 5.41) is 15.5. The largest absolute Gasteiger partial charge is 0.355 e. The predicted octanol–water partition coefficient (Wildman–Crippen LogP) is 2.86. The summed E-state index contributed by atoms with van der Waals surface area (Å²) in [6, 6.07) is 1.98. The highest BCUT2D eigenvalue weighted by Gasteiger charge is 2.26. The average molecular weight is 486 g/mol. The van der Waals surface area contributed by atoms with Crippen LogP contribution in [0.5, 0.6) is 0 Å². The smallest absolute Gasteiger partial charge is 0.292 e. The Balaban J connectivity index is 0.00000180. The van der Waals surface area contributed by atoms with Crippen LogP contribution in [0, 0.1) is 5.92 Å². The Morgan fingerprint density at radius 1 is 1.20 bits per heavy atom. The highest BCUT2D eigenvalue weighted by Crippen LogP contribution is 2.28. The van der Waals surface area contributed by atoms with Crippen molar-refractivity contribution in [2.24, 2.45) is 13.0 Å². The molecule has 5 rings (SSSR count). The van der Waals surface area contributed by atoms with Gasteiger partial charge in [-0.15, -0.1) is 0 Å². The summed E-state index contributed by atoms with van der Waals surface area (Å²) in [5.74, 6) is 1.54. The summed E-state index contributed by atoms with van der Waals surface area (Å²) in [5.41, 5.74) is 2.48. The van der Waals surface area contributed by atoms with Crippen LogP contribution in [0.2, 0.25) is 0 Å². The van der Waals surface area contributed by atoms with Crippen molar-refractivity contribution in [1.82, 2.24) is 39.8 Å². The first-order valence-corrected chi connectivity index (χ1v) is 11.5. The number of hydrogen-bond acceptors (Lipinski definition) is 8. The molecule has 0 unspecified atom stereocenters. The number of amides is 1. The molecule has 188 valence electrons. The topological polar surface area (TPSA) is 119 Å². The lowest BCUT2D eigenvalue weighted by Crippen LogP contribution is -2.39. The fourth-order valence-electron chi connectivity index (χ4n) is 4.12. The zero-order valence-electron chi connectivity index (χ0n) is 20.3. The highest BCUT2D eigenvalue weighted by molar-refractivity contribution is 5.90. The second-order valence-electron chi connectivity index (χ2n) is 9.83. The monoisotopic (exact) mass is 485 g/mol. The molecule has 12 heteroatoms. The molecule has 0 bridgehead atoms. The Bertz CT molecular complexity index is 1320. The molecule has 0 aliphatic carbocycles. The van der Waals surface area contributed by atoms with Crippen LogP contribution in [-0.4, -0.2) is 60.1 Å². The van der Waals surface area contributed by atoms with E-state index in [4.69, 9.17) is 9.51 Å². The number of carbonyl (C=O) groups excluding carboxylic acids is 1. The third-order valence-corrected chi connectivity index (χ3v) is 6.11. The van der Waals surface area contributed by atoms with Gasteiger partial charge < -0.3 is 14.7 Å². The van der Waals surface area contributed by atoms with E-state index in [1.165, 1.54) is 0 Å². The molecule has 1 aliphatic heterocycles. The molecule has 0 atom stereocenters. The maximum atomic E-state index is 12.5. The number of nitrogens with zero attached hydrogens (tertiary/aromatic N) is 8. The van der Waals surface area contributed by atoms with Crippen molar-refractivity contribution in [3.8, 4) is 11.3 Å². The van der Waals surface area contributed by atoms with E-state index in [9.17, 15) is 4.79 Å². The second kappa shape index (κ2) is 9.43. The zero-order valence-corrected chi connectivity index (χ0v) is 20.3. The second-order valence-corrected chi connectivity index (χ2v) is 9.83. The van der Waals surface area contributed by atoms with Gasteiger partial charge in [0.2, 0.25) is 5.89 Å². The van der Waals surface area contributed by atoms with E-state index in [1.54, 1.807) is 10.9 Å². The minimum Gasteiger partial charge on any atom is -0.355 e. The van der Waals surface area contributed by atoms with E-state index in [0.717, 1.165) is 48.5 Å². The van der Waals surface area contributed by atoms with Crippen molar-refractivity contribution >= 4 is 17.2 Å². The molecule has 1 saturated heterocycles. The van der Waals surface area contributed by atoms with Gasteiger partial charge in [-0.1, -0.05) is 25.9 Å². The normalized spacial score (nSPS) is 14.8. The lowest BCUT2D eigenvalue weighted by Gasteiger charge is -2.33. The number of aromatic nitrogens is 7. The predicted molar refractivity (Wildman–Crippen MR) is 130 cm³/mol. The number of aryl methyl sites for hydroxylation is 1. The van der Waals surface area contributed by atoms with Crippen LogP contribution in [0.25, 0.3) is 16.8 Å². The van der Waals surface area contributed by atoms with Gasteiger partial charge in [-0.25, -0.2) is 9.50 Å². The van der Waals surface area contributed by atoms with E-state index in [1.807, 2.05) is 57.0 Å². The van der Waals surface area contributed by atoms with Gasteiger partial charge in [0.15, 0.2) is 5.82 Å². The molecular weight excluding hydrogens is 453 g/mol. The molecule has 1 fully saturated rings. The summed E-state index contributed by atoms with van der Waals surface area (Å²) in [6.45, 7) is 8.18. The van der Waals surface area contributed by atoms with Crippen LogP contribution >= 0.6 is 0 Å². The summed E-state index contributed by atoms with van der Waals surface area (Å²) in [7, 11) is 1.89. The van der Waals surface area contributed by atoms with E-state index in [0.29, 0.717) is 18.4 Å². The Hall–Kier alpha value is -3.83. The molecule has 0 aromatic carbocycles. The Morgan fingerprint density at radius 2 is 1.97 bits per heavy atom. The van der Waals surface area contributed by atoms with Crippen molar-refractivity contribution in [2.75, 3.05) is 24.5 Å². The SMILES string of the molecule is Cn1cc(-c2cn3nccc3c(N3CCC(CNC(=O)c4noc(C(C)(C)C)n4)CC3)n2)cn1.F.[HH]. The molecule has 0 spiro atoms. The van der Waals surface area contributed by atoms with Gasteiger partial charge in [0, 0.05) is 45.3 Å². The molecule has 1 N–H and O–H groups in total. The summed E-state index contributed by atoms with van der Waals surface area (Å²) in [6.07, 6.45) is 9.37. The van der Waals surface area contributed by atoms with Crippen LogP contribution in [0.4, 0.5) is 10.5 Å². The van der Waals surface area contributed by atoms with Crippen LogP contribution in [-0.2, 0) is 12.5 Å². The van der Waals surface area contributed by atoms with Crippen LogP contribution in [0.3, 0.4) is 0 Å². The quantitative estimate of drug-likeness (QED) is 0.458. The molecule has 1 amide bonds. The molecule has 35 heavy (non-hydrogen) atoms. The van der Waals surface area contributed by atoms with E-state index in [2.05, 4.69) is 30.6 Å². The summed E-state index contributed by atoms with van der Waals surface area (Å²) >= 11 is 0. The van der Waals surface area contributed by atoms with Crippen LogP contribution < -0.4 is 10.2 Å². The number of hydrogen-bond donors (Lipinski definition) is 1. The molecule has 1 aliphatic rings. The maximum Gasteiger partial charge on any atom is 0.292 e. The van der Waals surface area contributed by atoms with Crippen molar-refractivity contribution in [3.63, 3.8) is 0 Å². The first-order valence-electron chi connectivity index (χ1n) is 11.5. The van der Waals surface area contributed by atoms with Crippen LogP contribution in [0.15, 0.2) is 35.4 Å². The number of fused-ring (bicyclic) bond motifs is 1. The molecule has 4 aromatic rings. The van der Waals surface area contributed by atoms with Crippen molar-refractivity contribution < 1.29 is 15.4 Å². The standard InChI is InChI=1S/C23H29N9O2.FH.H2/c1-23(2,3)22-28-19(29-34-22)21(33)24-11-15-6-9-31(10-7-15)20-18-5-8-25-32(18)14-17(27-20)16-12-26-30(4)13-16;;/h5,8,12-15H,6-7,9-11H2,1-4H3,(H,24,33);2*1H. The maximum absolute atomic E-state index is 12.5. The van der Waals surface area contributed by atoms with Crippen molar-refractivity contribution in [1.29, 1.82) is 0 Å². The number of nitrogens with one attached hydrogen (secondary N) is 1. The third kappa shape index (κ3) is 5.00. The number of halogens is 1. The third-order valence-electron chi connectivity index (χ3n) is 6.11. The summed E-state index contributed by atoms with van der Waals surface area (Å²) in [4.78, 5) is 24.0. The average Bonchev–Trinajstić information content (AvgIpc) is 3.57. The van der Waals surface area contributed by atoms with Gasteiger partial charge >= 0.3 is 0 Å². The van der Waals surface area contributed by atoms with E-state index < -0.39 is 0 Å². The lowest BCUT2D eigenvalue weighted by molar-refractivity contribution is 0.0931. The van der Waals surface area contributed by atoms with Gasteiger partial charge in [0.25, 0.3) is 11.7 Å². The first-order chi connectivity index (χ1) is 16.3. The number of piperidine rings is 1. The molecule has 4 aromatic heterocycles. The summed E-state index contributed by atoms with van der Waals surface area (Å²) < 4.78 is 8.86. The Kier molecular flexibility index (Phi) is 6.55. The lowest BCUT2D eigenvalue weighted by atomic mass is 9.96. The van der Waals surface area contributed by atoms with E-state index >= 15 is 0 Å². The van der Waals surface area contributed by atoms with Gasteiger partial charge in [-0.3, -0.25) is 14.2 Å². The van der Waals surface area contributed by atoms with Crippen LogP contribution in [0.1, 0.15) is 51.5 Å². The van der Waals surface area contributed by atoms with Crippen molar-refractivity contribution in [2.45, 2.75) is 39.0 Å². The number of rotatable bonds is 5. The fourth-order valence-corrected chi connectivity index (χ4v) is 4.12. The van der Waals surface area contributed by atoms with Crippen molar-refractivity contribution in [3.05, 3.63) is 42.6 Å². The molecule has 5 heterocycles. The van der Waals surface area contributed by atoms with E-state index in [-0.39, 0.29) is 23.3 Å². The molecule has 0 saturated carbocycles. The molecule has 0 radical (unpaired) electrons. The van der Waals surface area contributed by atoms with Gasteiger partial charge in [0.1, 0.15) is 5.52 Å². The fraction of sp³-hybridized carbons (Fsp3) is 0.478. The minimum atomic E-state index is -0.298. The molecular formula is C23H32FN9O2. The Morgan fingerprint density at radius 3 is 2.63 bits per heavy atom. The first kappa shape index (κ1) is 24.3. The molecule has 11 nitrogen and oxygen atoms in total. The van der Waals surface area contributed by atoms with Gasteiger partial charge in [-0.05, 0) is 24.8 Å². The van der Waals surface area contributed by atoms with Gasteiger partial charge in [-0.2, -0.15) is 15.2 Å². The number of anilines is 1. The number of carbonyl (C=O) groups is 1. The minimum absolute atomic E-state index is 0.